The van der Waals surface area contributed by atoms with Crippen LogP contribution in [-0.4, -0.2) is 34.6 Å². The maximum absolute atomic E-state index is 12.3. The highest BCUT2D eigenvalue weighted by atomic mass is 35.5. The summed E-state index contributed by atoms with van der Waals surface area (Å²) < 4.78 is 0. The summed E-state index contributed by atoms with van der Waals surface area (Å²) in [5.41, 5.74) is 1.52. The molecule has 0 aliphatic carbocycles. The van der Waals surface area contributed by atoms with Crippen LogP contribution < -0.4 is 15.8 Å². The summed E-state index contributed by atoms with van der Waals surface area (Å²) in [6.45, 7) is 4.73. The van der Waals surface area contributed by atoms with Crippen LogP contribution in [0.2, 0.25) is 5.02 Å². The molecule has 0 atom stereocenters. The molecule has 3 aromatic rings. The van der Waals surface area contributed by atoms with Gasteiger partial charge in [-0.05, 0) is 42.7 Å². The lowest BCUT2D eigenvalue weighted by atomic mass is 10.1. The zero-order chi connectivity index (χ0) is 20.5. The molecule has 0 fully saturated rings. The zero-order valence-electron chi connectivity index (χ0n) is 16.6. The predicted molar refractivity (Wildman–Crippen MR) is 119 cm³/mol. The van der Waals surface area contributed by atoms with E-state index in [1.807, 2.05) is 48.7 Å². The molecule has 0 saturated carbocycles. The molecule has 0 aliphatic rings. The highest BCUT2D eigenvalue weighted by Crippen LogP contribution is 2.12. The average molecular weight is 412 g/mol. The number of aromatic amines is 1. The second kappa shape index (κ2) is 10.6. The lowest BCUT2D eigenvalue weighted by molar-refractivity contribution is 0.719. The van der Waals surface area contributed by atoms with E-state index >= 15 is 0 Å². The monoisotopic (exact) mass is 411 g/mol. The first-order valence-electron chi connectivity index (χ1n) is 9.88. The number of hydrogen-bond donors (Lipinski definition) is 2. The summed E-state index contributed by atoms with van der Waals surface area (Å²) in [7, 11) is 0. The molecule has 2 N–H and O–H groups in total. The van der Waals surface area contributed by atoms with Gasteiger partial charge in [0.05, 0.1) is 0 Å². The van der Waals surface area contributed by atoms with Gasteiger partial charge in [0.15, 0.2) is 0 Å². The smallest absolute Gasteiger partial charge is 0.255 e. The molecule has 2 heterocycles. The number of rotatable bonds is 10. The summed E-state index contributed by atoms with van der Waals surface area (Å²) >= 11 is 5.90. The number of halogens is 1. The second-order valence-corrected chi connectivity index (χ2v) is 7.28. The molecule has 0 bridgehead atoms. The summed E-state index contributed by atoms with van der Waals surface area (Å²) in [6.07, 6.45) is 5.94. The standard InChI is InChI=1S/C22H26ClN5O/c1-2-13-28(20-6-3-4-11-24-20)14-5-12-25-22-26-16-18(21(29)27-22)15-17-7-9-19(23)10-8-17/h3-4,6-11,16H,2,5,12-15H2,1H3,(H2,25,26,27,29). The molecule has 7 heteroatoms. The highest BCUT2D eigenvalue weighted by Gasteiger charge is 2.07. The van der Waals surface area contributed by atoms with Gasteiger partial charge in [-0.1, -0.05) is 36.7 Å². The van der Waals surface area contributed by atoms with Crippen LogP contribution in [0.4, 0.5) is 11.8 Å². The van der Waals surface area contributed by atoms with Crippen LogP contribution in [0.15, 0.2) is 59.7 Å². The van der Waals surface area contributed by atoms with Crippen LogP contribution in [0.1, 0.15) is 30.9 Å². The van der Waals surface area contributed by atoms with Crippen LogP contribution in [0.25, 0.3) is 0 Å². The molecule has 0 aliphatic heterocycles. The topological polar surface area (TPSA) is 73.9 Å². The Hall–Kier alpha value is -2.86. The van der Waals surface area contributed by atoms with Crippen molar-refractivity contribution in [3.8, 4) is 0 Å². The normalized spacial score (nSPS) is 10.7. The first-order chi connectivity index (χ1) is 14.2. The number of hydrogen-bond acceptors (Lipinski definition) is 5. The fourth-order valence-electron chi connectivity index (χ4n) is 3.09. The van der Waals surface area contributed by atoms with Gasteiger partial charge in [0.1, 0.15) is 5.82 Å². The van der Waals surface area contributed by atoms with Gasteiger partial charge in [-0.15, -0.1) is 0 Å². The van der Waals surface area contributed by atoms with Crippen molar-refractivity contribution >= 4 is 23.4 Å². The minimum atomic E-state index is -0.126. The number of benzene rings is 1. The Labute approximate surface area is 176 Å². The number of nitrogens with zero attached hydrogens (tertiary/aromatic N) is 3. The third-order valence-electron chi connectivity index (χ3n) is 4.54. The Bertz CT molecular complexity index is 943. The maximum atomic E-state index is 12.3. The Morgan fingerprint density at radius 1 is 1.10 bits per heavy atom. The van der Waals surface area contributed by atoms with Gasteiger partial charge >= 0.3 is 0 Å². The van der Waals surface area contributed by atoms with Crippen molar-refractivity contribution in [2.45, 2.75) is 26.2 Å². The van der Waals surface area contributed by atoms with E-state index in [2.05, 4.69) is 32.1 Å². The van der Waals surface area contributed by atoms with Gasteiger partial charge in [0, 0.05) is 49.0 Å². The summed E-state index contributed by atoms with van der Waals surface area (Å²) in [5.74, 6) is 1.49. The molecule has 0 amide bonds. The van der Waals surface area contributed by atoms with Crippen LogP contribution >= 0.6 is 11.6 Å². The van der Waals surface area contributed by atoms with E-state index in [1.54, 1.807) is 6.20 Å². The minimum absolute atomic E-state index is 0.126. The van der Waals surface area contributed by atoms with Gasteiger partial charge in [-0.3, -0.25) is 9.78 Å². The molecular formula is C22H26ClN5O. The highest BCUT2D eigenvalue weighted by molar-refractivity contribution is 6.30. The van der Waals surface area contributed by atoms with Crippen molar-refractivity contribution < 1.29 is 0 Å². The average Bonchev–Trinajstić information content (AvgIpc) is 2.74. The molecule has 2 aromatic heterocycles. The van der Waals surface area contributed by atoms with Gasteiger partial charge in [-0.2, -0.15) is 0 Å². The van der Waals surface area contributed by atoms with Crippen molar-refractivity contribution in [3.63, 3.8) is 0 Å². The Morgan fingerprint density at radius 2 is 1.93 bits per heavy atom. The molecule has 0 radical (unpaired) electrons. The molecule has 1 aromatic carbocycles. The van der Waals surface area contributed by atoms with Crippen molar-refractivity contribution in [1.82, 2.24) is 15.0 Å². The first-order valence-corrected chi connectivity index (χ1v) is 10.3. The lowest BCUT2D eigenvalue weighted by Gasteiger charge is -2.23. The molecule has 0 saturated heterocycles. The van der Waals surface area contributed by atoms with Crippen molar-refractivity contribution in [1.29, 1.82) is 0 Å². The number of anilines is 2. The van der Waals surface area contributed by atoms with Crippen LogP contribution in [0.5, 0.6) is 0 Å². The second-order valence-electron chi connectivity index (χ2n) is 6.84. The third kappa shape index (κ3) is 6.32. The Kier molecular flexibility index (Phi) is 7.64. The molecular weight excluding hydrogens is 386 g/mol. The largest absolute Gasteiger partial charge is 0.357 e. The number of nitrogens with one attached hydrogen (secondary N) is 2. The van der Waals surface area contributed by atoms with E-state index in [1.165, 1.54) is 0 Å². The van der Waals surface area contributed by atoms with E-state index < -0.39 is 0 Å². The molecule has 29 heavy (non-hydrogen) atoms. The predicted octanol–water partition coefficient (Wildman–Crippen LogP) is 4.13. The summed E-state index contributed by atoms with van der Waals surface area (Å²) in [4.78, 5) is 26.2. The summed E-state index contributed by atoms with van der Waals surface area (Å²) in [5, 5.41) is 3.88. The third-order valence-corrected chi connectivity index (χ3v) is 4.80. The van der Waals surface area contributed by atoms with E-state index in [-0.39, 0.29) is 5.56 Å². The molecule has 0 unspecified atom stereocenters. The maximum Gasteiger partial charge on any atom is 0.255 e. The van der Waals surface area contributed by atoms with Crippen LogP contribution in [0.3, 0.4) is 0 Å². The van der Waals surface area contributed by atoms with Crippen molar-refractivity contribution in [2.24, 2.45) is 0 Å². The first kappa shape index (κ1) is 20.9. The quantitative estimate of drug-likeness (QED) is 0.491. The fourth-order valence-corrected chi connectivity index (χ4v) is 3.21. The van der Waals surface area contributed by atoms with Gasteiger partial charge in [0.25, 0.3) is 5.56 Å². The number of aromatic nitrogens is 3. The van der Waals surface area contributed by atoms with E-state index in [9.17, 15) is 4.79 Å². The SMILES string of the molecule is CCCN(CCCNc1ncc(Cc2ccc(Cl)cc2)c(=O)[nH]1)c1ccccn1. The Morgan fingerprint density at radius 3 is 2.62 bits per heavy atom. The van der Waals surface area contributed by atoms with Gasteiger partial charge < -0.3 is 10.2 Å². The summed E-state index contributed by atoms with van der Waals surface area (Å²) in [6, 6.07) is 13.4. The fraction of sp³-hybridized carbons (Fsp3) is 0.318. The molecule has 3 rings (SSSR count). The van der Waals surface area contributed by atoms with Crippen LogP contribution in [0, 0.1) is 0 Å². The van der Waals surface area contributed by atoms with E-state index in [0.29, 0.717) is 29.5 Å². The zero-order valence-corrected chi connectivity index (χ0v) is 17.3. The van der Waals surface area contributed by atoms with Crippen molar-refractivity contribution in [2.75, 3.05) is 29.9 Å². The van der Waals surface area contributed by atoms with E-state index in [4.69, 9.17) is 11.6 Å². The van der Waals surface area contributed by atoms with Gasteiger partial charge in [-0.25, -0.2) is 9.97 Å². The number of pyridine rings is 1. The van der Waals surface area contributed by atoms with Gasteiger partial charge in [0.2, 0.25) is 5.95 Å². The molecule has 0 spiro atoms. The molecule has 6 nitrogen and oxygen atoms in total. The minimum Gasteiger partial charge on any atom is -0.357 e. The molecule has 152 valence electrons. The van der Waals surface area contributed by atoms with E-state index in [0.717, 1.165) is 37.3 Å². The van der Waals surface area contributed by atoms with Crippen molar-refractivity contribution in [3.05, 3.63) is 81.4 Å². The van der Waals surface area contributed by atoms with Crippen LogP contribution in [-0.2, 0) is 6.42 Å². The Balaban J connectivity index is 1.51. The number of H-pyrrole nitrogens is 1. The lowest BCUT2D eigenvalue weighted by Crippen LogP contribution is -2.27.